The second kappa shape index (κ2) is 8.28. The first-order valence-corrected chi connectivity index (χ1v) is 6.35. The first-order chi connectivity index (χ1) is 9.58. The van der Waals surface area contributed by atoms with Gasteiger partial charge in [0.25, 0.3) is 5.69 Å². The maximum atomic E-state index is 11.0. The van der Waals surface area contributed by atoms with Crippen molar-refractivity contribution < 1.29 is 14.4 Å². The third kappa shape index (κ3) is 4.98. The van der Waals surface area contributed by atoms with Crippen molar-refractivity contribution in [2.24, 2.45) is 0 Å². The fourth-order valence-corrected chi connectivity index (χ4v) is 1.69. The number of hydrogen-bond acceptors (Lipinski definition) is 5. The van der Waals surface area contributed by atoms with Crippen LogP contribution in [0, 0.1) is 10.1 Å². The van der Waals surface area contributed by atoms with Gasteiger partial charge in [-0.3, -0.25) is 10.1 Å². The van der Waals surface area contributed by atoms with Crippen LogP contribution in [-0.4, -0.2) is 37.4 Å². The SMILES string of the molecule is COCCCNC(=S)Nc1ccc(OC)cc1[N+](=O)[O-]. The van der Waals surface area contributed by atoms with Crippen LogP contribution in [0.4, 0.5) is 11.4 Å². The first kappa shape index (κ1) is 16.1. The summed E-state index contributed by atoms with van der Waals surface area (Å²) in [5.74, 6) is 0.418. The molecule has 0 fully saturated rings. The third-order valence-electron chi connectivity index (χ3n) is 2.46. The minimum atomic E-state index is -0.488. The smallest absolute Gasteiger partial charge is 0.296 e. The Labute approximate surface area is 122 Å². The molecule has 0 aromatic heterocycles. The number of nitrogens with one attached hydrogen (secondary N) is 2. The van der Waals surface area contributed by atoms with Gasteiger partial charge in [-0.2, -0.15) is 0 Å². The minimum Gasteiger partial charge on any atom is -0.496 e. The molecule has 0 heterocycles. The minimum absolute atomic E-state index is 0.0922. The summed E-state index contributed by atoms with van der Waals surface area (Å²) in [6.45, 7) is 1.25. The van der Waals surface area contributed by atoms with Gasteiger partial charge >= 0.3 is 0 Å². The lowest BCUT2D eigenvalue weighted by Crippen LogP contribution is -2.30. The quantitative estimate of drug-likeness (QED) is 0.344. The van der Waals surface area contributed by atoms with Crippen LogP contribution in [0.3, 0.4) is 0 Å². The van der Waals surface area contributed by atoms with Gasteiger partial charge in [-0.1, -0.05) is 0 Å². The van der Waals surface area contributed by atoms with E-state index in [2.05, 4.69) is 10.6 Å². The lowest BCUT2D eigenvalue weighted by molar-refractivity contribution is -0.384. The van der Waals surface area contributed by atoms with Crippen molar-refractivity contribution in [3.8, 4) is 5.75 Å². The third-order valence-corrected chi connectivity index (χ3v) is 2.71. The fourth-order valence-electron chi connectivity index (χ4n) is 1.48. The summed E-state index contributed by atoms with van der Waals surface area (Å²) in [4.78, 5) is 10.5. The van der Waals surface area contributed by atoms with Crippen LogP contribution in [-0.2, 0) is 4.74 Å². The zero-order valence-electron chi connectivity index (χ0n) is 11.3. The van der Waals surface area contributed by atoms with Gasteiger partial charge in [-0.05, 0) is 30.8 Å². The van der Waals surface area contributed by atoms with Gasteiger partial charge in [0.15, 0.2) is 5.11 Å². The number of nitro benzene ring substituents is 1. The van der Waals surface area contributed by atoms with E-state index < -0.39 is 4.92 Å². The highest BCUT2D eigenvalue weighted by atomic mass is 32.1. The second-order valence-electron chi connectivity index (χ2n) is 3.87. The summed E-state index contributed by atoms with van der Waals surface area (Å²) in [7, 11) is 3.07. The molecule has 1 aromatic carbocycles. The number of thiocarbonyl (C=S) groups is 1. The molecule has 0 aliphatic rings. The van der Waals surface area contributed by atoms with E-state index in [0.29, 0.717) is 29.7 Å². The average Bonchev–Trinajstić information content (AvgIpc) is 2.43. The molecule has 0 amide bonds. The molecule has 0 saturated carbocycles. The number of benzene rings is 1. The Bertz CT molecular complexity index is 482. The van der Waals surface area contributed by atoms with Gasteiger partial charge in [0, 0.05) is 20.3 Å². The van der Waals surface area contributed by atoms with Crippen LogP contribution in [0.1, 0.15) is 6.42 Å². The summed E-state index contributed by atoms with van der Waals surface area (Å²) in [5, 5.41) is 17.1. The van der Waals surface area contributed by atoms with E-state index in [1.807, 2.05) is 0 Å². The van der Waals surface area contributed by atoms with Gasteiger partial charge < -0.3 is 20.1 Å². The van der Waals surface area contributed by atoms with Crippen LogP contribution >= 0.6 is 12.2 Å². The van der Waals surface area contributed by atoms with E-state index in [-0.39, 0.29) is 5.69 Å². The van der Waals surface area contributed by atoms with E-state index in [4.69, 9.17) is 21.7 Å². The number of rotatable bonds is 7. The van der Waals surface area contributed by atoms with Crippen LogP contribution < -0.4 is 15.4 Å². The number of nitrogens with zero attached hydrogens (tertiary/aromatic N) is 1. The number of anilines is 1. The Kier molecular flexibility index (Phi) is 6.68. The van der Waals surface area contributed by atoms with Gasteiger partial charge in [-0.25, -0.2) is 0 Å². The molecule has 2 N–H and O–H groups in total. The summed E-state index contributed by atoms with van der Waals surface area (Å²) in [5.41, 5.74) is 0.227. The topological polar surface area (TPSA) is 85.7 Å². The number of ether oxygens (including phenoxy) is 2. The van der Waals surface area contributed by atoms with E-state index >= 15 is 0 Å². The van der Waals surface area contributed by atoms with Crippen molar-refractivity contribution in [2.45, 2.75) is 6.42 Å². The van der Waals surface area contributed by atoms with Crippen molar-refractivity contribution in [2.75, 3.05) is 32.7 Å². The molecule has 110 valence electrons. The molecule has 0 radical (unpaired) electrons. The Morgan fingerprint density at radius 2 is 2.20 bits per heavy atom. The van der Waals surface area contributed by atoms with Gasteiger partial charge in [0.1, 0.15) is 11.4 Å². The van der Waals surface area contributed by atoms with Crippen molar-refractivity contribution in [1.29, 1.82) is 0 Å². The van der Waals surface area contributed by atoms with E-state index in [1.54, 1.807) is 19.2 Å². The normalized spacial score (nSPS) is 9.90. The summed E-state index contributed by atoms with van der Waals surface area (Å²) >= 11 is 5.08. The summed E-state index contributed by atoms with van der Waals surface area (Å²) in [6.07, 6.45) is 0.795. The molecule has 0 atom stereocenters. The van der Waals surface area contributed by atoms with Crippen molar-refractivity contribution in [3.05, 3.63) is 28.3 Å². The van der Waals surface area contributed by atoms with Crippen LogP contribution in [0.5, 0.6) is 5.75 Å². The fraction of sp³-hybridized carbons (Fsp3) is 0.417. The van der Waals surface area contributed by atoms with Crippen LogP contribution in [0.15, 0.2) is 18.2 Å². The Balaban J connectivity index is 2.66. The highest BCUT2D eigenvalue weighted by Crippen LogP contribution is 2.28. The molecule has 0 unspecified atom stereocenters. The number of methoxy groups -OCH3 is 2. The first-order valence-electron chi connectivity index (χ1n) is 5.94. The Morgan fingerprint density at radius 3 is 2.80 bits per heavy atom. The average molecular weight is 299 g/mol. The molecule has 0 bridgehead atoms. The maximum Gasteiger partial charge on any atom is 0.296 e. The lowest BCUT2D eigenvalue weighted by atomic mass is 10.2. The standard InChI is InChI=1S/C12H17N3O4S/c1-18-7-3-6-13-12(20)14-10-5-4-9(19-2)8-11(10)15(16)17/h4-5,8H,3,6-7H2,1-2H3,(H2,13,14,20). The van der Waals surface area contributed by atoms with Gasteiger partial charge in [0.2, 0.25) is 0 Å². The molecule has 20 heavy (non-hydrogen) atoms. The molecule has 7 nitrogen and oxygen atoms in total. The Morgan fingerprint density at radius 1 is 1.45 bits per heavy atom. The van der Waals surface area contributed by atoms with Gasteiger partial charge in [0.05, 0.1) is 18.1 Å². The predicted octanol–water partition coefficient (Wildman–Crippen LogP) is 1.93. The number of hydrogen-bond donors (Lipinski definition) is 2. The van der Waals surface area contributed by atoms with Crippen molar-refractivity contribution >= 4 is 28.7 Å². The highest BCUT2D eigenvalue weighted by molar-refractivity contribution is 7.80. The zero-order valence-corrected chi connectivity index (χ0v) is 12.2. The maximum absolute atomic E-state index is 11.0. The summed E-state index contributed by atoms with van der Waals surface area (Å²) < 4.78 is 9.87. The molecule has 0 aliphatic carbocycles. The van der Waals surface area contributed by atoms with E-state index in [9.17, 15) is 10.1 Å². The highest BCUT2D eigenvalue weighted by Gasteiger charge is 2.15. The van der Waals surface area contributed by atoms with Crippen molar-refractivity contribution in [1.82, 2.24) is 5.32 Å². The monoisotopic (exact) mass is 299 g/mol. The van der Waals surface area contributed by atoms with Crippen LogP contribution in [0.25, 0.3) is 0 Å². The Hall–Kier alpha value is -1.93. The lowest BCUT2D eigenvalue weighted by Gasteiger charge is -2.11. The molecule has 1 aromatic rings. The molecule has 8 heteroatoms. The van der Waals surface area contributed by atoms with E-state index in [1.165, 1.54) is 13.2 Å². The molecular weight excluding hydrogens is 282 g/mol. The molecule has 1 rings (SSSR count). The molecule has 0 spiro atoms. The zero-order chi connectivity index (χ0) is 15.0. The second-order valence-corrected chi connectivity index (χ2v) is 4.28. The van der Waals surface area contributed by atoms with Crippen LogP contribution in [0.2, 0.25) is 0 Å². The van der Waals surface area contributed by atoms with Gasteiger partial charge in [-0.15, -0.1) is 0 Å². The largest absolute Gasteiger partial charge is 0.496 e. The molecule has 0 saturated heterocycles. The number of nitro groups is 1. The molecule has 0 aliphatic heterocycles. The predicted molar refractivity (Wildman–Crippen MR) is 80.4 cm³/mol. The molecular formula is C12H17N3O4S. The summed E-state index contributed by atoms with van der Waals surface area (Å²) in [6, 6.07) is 4.53. The van der Waals surface area contributed by atoms with Crippen molar-refractivity contribution in [3.63, 3.8) is 0 Å². The van der Waals surface area contributed by atoms with E-state index in [0.717, 1.165) is 6.42 Å².